The van der Waals surface area contributed by atoms with Crippen LogP contribution < -0.4 is 10.1 Å². The molecule has 0 amide bonds. The number of anilines is 1. The summed E-state index contributed by atoms with van der Waals surface area (Å²) in [5.74, 6) is 0.984. The van der Waals surface area contributed by atoms with Gasteiger partial charge in [-0.2, -0.15) is 4.68 Å². The van der Waals surface area contributed by atoms with Crippen LogP contribution in [0.2, 0.25) is 0 Å². The predicted octanol–water partition coefficient (Wildman–Crippen LogP) is 5.37. The molecule has 2 aromatic carbocycles. The number of hydrogen-bond acceptors (Lipinski definition) is 11. The van der Waals surface area contributed by atoms with E-state index in [0.29, 0.717) is 35.3 Å². The number of ether oxygens (including phenoxy) is 2. The molecule has 0 aliphatic carbocycles. The number of unbranched alkanes of at least 4 members (excludes halogenated alkanes) is 1. The molecule has 5 rings (SSSR count). The first-order valence-corrected chi connectivity index (χ1v) is 14.5. The highest BCUT2D eigenvalue weighted by atomic mass is 79.9. The highest BCUT2D eigenvalue weighted by Gasteiger charge is 2.37. The third-order valence-corrected chi connectivity index (χ3v) is 8.42. The zero-order valence-corrected chi connectivity index (χ0v) is 23.8. The molecule has 10 nitrogen and oxygen atoms in total. The van der Waals surface area contributed by atoms with Crippen molar-refractivity contribution in [1.82, 2.24) is 30.4 Å². The van der Waals surface area contributed by atoms with Crippen LogP contribution in [-0.4, -0.2) is 55.8 Å². The molecule has 4 aromatic rings. The Kier molecular flexibility index (Phi) is 8.35. The van der Waals surface area contributed by atoms with Gasteiger partial charge in [0.2, 0.25) is 5.95 Å². The first-order valence-electron chi connectivity index (χ1n) is 11.9. The normalized spacial score (nSPS) is 14.7. The van der Waals surface area contributed by atoms with Crippen molar-refractivity contribution in [1.29, 1.82) is 0 Å². The number of rotatable bonds is 10. The molecule has 1 atom stereocenters. The Bertz CT molecular complexity index is 1460. The van der Waals surface area contributed by atoms with E-state index >= 15 is 0 Å². The topological polar surface area (TPSA) is 117 Å². The van der Waals surface area contributed by atoms with Gasteiger partial charge in [-0.05, 0) is 35.0 Å². The maximum Gasteiger partial charge on any atom is 0.338 e. The van der Waals surface area contributed by atoms with Gasteiger partial charge >= 0.3 is 5.97 Å². The average molecular weight is 615 g/mol. The molecule has 3 heterocycles. The number of tetrazole rings is 1. The summed E-state index contributed by atoms with van der Waals surface area (Å²) in [6.07, 6.45) is 1.91. The lowest BCUT2D eigenvalue weighted by molar-refractivity contribution is -0.136. The Morgan fingerprint density at radius 3 is 2.82 bits per heavy atom. The van der Waals surface area contributed by atoms with Gasteiger partial charge in [0.05, 0.1) is 19.3 Å². The van der Waals surface area contributed by atoms with Crippen LogP contribution in [0.3, 0.4) is 0 Å². The molecule has 38 heavy (non-hydrogen) atoms. The maximum absolute atomic E-state index is 13.3. The second-order valence-corrected chi connectivity index (χ2v) is 11.4. The number of aromatic nitrogens is 6. The fourth-order valence-corrected chi connectivity index (χ4v) is 6.18. The lowest BCUT2D eigenvalue weighted by Gasteiger charge is -2.29. The molecular weight excluding hydrogens is 590 g/mol. The molecule has 0 spiro atoms. The van der Waals surface area contributed by atoms with Crippen molar-refractivity contribution in [3.05, 3.63) is 69.8 Å². The molecule has 0 radical (unpaired) electrons. The molecule has 0 bridgehead atoms. The lowest BCUT2D eigenvalue weighted by atomic mass is 9.95. The van der Waals surface area contributed by atoms with Crippen LogP contribution in [-0.2, 0) is 9.53 Å². The van der Waals surface area contributed by atoms with Crippen molar-refractivity contribution in [2.24, 2.45) is 0 Å². The summed E-state index contributed by atoms with van der Waals surface area (Å²) in [4.78, 5) is 13.3. The zero-order valence-electron chi connectivity index (χ0n) is 20.6. The predicted molar refractivity (Wildman–Crippen MR) is 149 cm³/mol. The van der Waals surface area contributed by atoms with Crippen LogP contribution in [0.1, 0.15) is 31.4 Å². The van der Waals surface area contributed by atoms with Crippen molar-refractivity contribution < 1.29 is 14.3 Å². The first-order chi connectivity index (χ1) is 18.6. The minimum absolute atomic E-state index is 0.394. The summed E-state index contributed by atoms with van der Waals surface area (Å²) in [6.45, 7) is 2.66. The lowest BCUT2D eigenvalue weighted by Crippen LogP contribution is -2.31. The summed E-state index contributed by atoms with van der Waals surface area (Å²) < 4.78 is 14.6. The number of esters is 1. The molecule has 0 saturated heterocycles. The number of nitrogens with zero attached hydrogens (tertiary/aromatic N) is 6. The van der Waals surface area contributed by atoms with E-state index in [1.54, 1.807) is 4.68 Å². The highest BCUT2D eigenvalue weighted by Crippen LogP contribution is 2.41. The molecule has 1 aliphatic rings. The summed E-state index contributed by atoms with van der Waals surface area (Å²) in [5, 5.41) is 24.9. The van der Waals surface area contributed by atoms with Gasteiger partial charge < -0.3 is 14.8 Å². The van der Waals surface area contributed by atoms with Gasteiger partial charge in [0, 0.05) is 27.0 Å². The molecule has 1 unspecified atom stereocenters. The molecular formula is C25H24BrN7O3S2. The van der Waals surface area contributed by atoms with Crippen molar-refractivity contribution in [3.8, 4) is 16.3 Å². The Hall–Kier alpha value is -3.29. The van der Waals surface area contributed by atoms with Crippen LogP contribution in [0.5, 0.6) is 5.75 Å². The largest absolute Gasteiger partial charge is 0.493 e. The van der Waals surface area contributed by atoms with Gasteiger partial charge in [-0.1, -0.05) is 87.8 Å². The Labute approximate surface area is 236 Å². The van der Waals surface area contributed by atoms with E-state index in [9.17, 15) is 4.79 Å². The number of carbonyl (C=O) groups is 1. The smallest absolute Gasteiger partial charge is 0.338 e. The van der Waals surface area contributed by atoms with Crippen LogP contribution in [0.15, 0.2) is 68.6 Å². The van der Waals surface area contributed by atoms with Crippen LogP contribution in [0, 0.1) is 0 Å². The summed E-state index contributed by atoms with van der Waals surface area (Å²) in [5.41, 5.74) is 2.78. The van der Waals surface area contributed by atoms with Gasteiger partial charge in [-0.15, -0.1) is 10.2 Å². The number of nitrogens with one attached hydrogen (secondary N) is 1. The fourth-order valence-electron chi connectivity index (χ4n) is 3.98. The van der Waals surface area contributed by atoms with Crippen molar-refractivity contribution >= 4 is 50.9 Å². The van der Waals surface area contributed by atoms with Gasteiger partial charge in [-0.3, -0.25) is 0 Å². The van der Waals surface area contributed by atoms with Crippen LogP contribution >= 0.6 is 39.0 Å². The Morgan fingerprint density at radius 1 is 1.18 bits per heavy atom. The van der Waals surface area contributed by atoms with E-state index < -0.39 is 12.0 Å². The third-order valence-electron chi connectivity index (χ3n) is 5.79. The number of methoxy groups -OCH3 is 1. The van der Waals surface area contributed by atoms with Crippen LogP contribution in [0.4, 0.5) is 5.95 Å². The first kappa shape index (κ1) is 26.3. The minimum Gasteiger partial charge on any atom is -0.493 e. The van der Waals surface area contributed by atoms with Crippen molar-refractivity contribution in [2.75, 3.05) is 24.8 Å². The van der Waals surface area contributed by atoms with E-state index in [1.807, 2.05) is 48.5 Å². The Morgan fingerprint density at radius 2 is 2.03 bits per heavy atom. The zero-order chi connectivity index (χ0) is 26.5. The van der Waals surface area contributed by atoms with E-state index in [-0.39, 0.29) is 0 Å². The molecule has 1 N–H and O–H groups in total. The quantitative estimate of drug-likeness (QED) is 0.142. The maximum atomic E-state index is 13.3. The highest BCUT2D eigenvalue weighted by molar-refractivity contribution is 9.10. The second kappa shape index (κ2) is 12.0. The SMILES string of the molecule is CCCCOc1ccc(Br)cc1C1C(C(=O)OC)=C(CSc2nnc(-c3ccccc3)s2)Nc2nnnn21. The number of thioether (sulfide) groups is 1. The van der Waals surface area contributed by atoms with E-state index in [0.717, 1.165) is 37.8 Å². The summed E-state index contributed by atoms with van der Waals surface area (Å²) in [6, 6.07) is 15.0. The monoisotopic (exact) mass is 613 g/mol. The number of fused-ring (bicyclic) bond motifs is 1. The van der Waals surface area contributed by atoms with E-state index in [1.165, 1.54) is 30.2 Å². The number of carbonyl (C=O) groups excluding carboxylic acids is 1. The van der Waals surface area contributed by atoms with Gasteiger partial charge in [-0.25, -0.2) is 4.79 Å². The third kappa shape index (κ3) is 5.59. The Balaban J connectivity index is 1.51. The number of halogens is 1. The van der Waals surface area contributed by atoms with Gasteiger partial charge in [0.1, 0.15) is 16.8 Å². The van der Waals surface area contributed by atoms with Gasteiger partial charge in [0.15, 0.2) is 4.34 Å². The minimum atomic E-state index is -0.660. The van der Waals surface area contributed by atoms with Gasteiger partial charge in [0.25, 0.3) is 0 Å². The van der Waals surface area contributed by atoms with E-state index in [4.69, 9.17) is 9.47 Å². The van der Waals surface area contributed by atoms with Crippen molar-refractivity contribution in [3.63, 3.8) is 0 Å². The number of hydrogen-bond donors (Lipinski definition) is 1. The molecule has 196 valence electrons. The summed E-state index contributed by atoms with van der Waals surface area (Å²) in [7, 11) is 1.36. The average Bonchev–Trinajstić information content (AvgIpc) is 3.62. The molecule has 0 fully saturated rings. The van der Waals surface area contributed by atoms with E-state index in [2.05, 4.69) is 53.9 Å². The molecule has 0 saturated carbocycles. The van der Waals surface area contributed by atoms with Crippen molar-refractivity contribution in [2.45, 2.75) is 30.1 Å². The fraction of sp³-hybridized carbons (Fsp3) is 0.280. The molecule has 13 heteroatoms. The second-order valence-electron chi connectivity index (χ2n) is 8.27. The van der Waals surface area contributed by atoms with Crippen LogP contribution in [0.25, 0.3) is 10.6 Å². The molecule has 1 aliphatic heterocycles. The molecule has 2 aromatic heterocycles. The standard InChI is InChI=1S/C25H24BrN7O3S2/c1-3-4-12-36-19-11-10-16(26)13-17(19)21-20(23(34)35-2)18(27-24-29-31-32-33(21)24)14-37-25-30-28-22(38-25)15-8-6-5-7-9-15/h5-11,13,21H,3-4,12,14H2,1-2H3,(H,27,29,32). The number of benzene rings is 2. The summed E-state index contributed by atoms with van der Waals surface area (Å²) >= 11 is 6.53.